The molecule has 1 atom stereocenters. The van der Waals surface area contributed by atoms with Gasteiger partial charge in [-0.1, -0.05) is 30.1 Å². The Hall–Kier alpha value is -2.81. The highest BCUT2D eigenvalue weighted by atomic mass is 35.5. The number of hydrogen-bond donors (Lipinski definition) is 0. The zero-order chi connectivity index (χ0) is 21.3. The van der Waals surface area contributed by atoms with Crippen LogP contribution in [0.4, 0.5) is 0 Å². The lowest BCUT2D eigenvalue weighted by Crippen LogP contribution is -2.47. The van der Waals surface area contributed by atoms with Crippen LogP contribution in [0.5, 0.6) is 0 Å². The van der Waals surface area contributed by atoms with Gasteiger partial charge >= 0.3 is 0 Å². The van der Waals surface area contributed by atoms with Crippen molar-refractivity contribution in [2.24, 2.45) is 0 Å². The number of nitrogens with zero attached hydrogens (tertiary/aromatic N) is 2. The van der Waals surface area contributed by atoms with Gasteiger partial charge in [-0.25, -0.2) is 0 Å². The molecule has 2 amide bonds. The second-order valence-electron chi connectivity index (χ2n) is 6.73. The minimum atomic E-state index is -0.561. The summed E-state index contributed by atoms with van der Waals surface area (Å²) in [6.45, 7) is 5.24. The van der Waals surface area contributed by atoms with Crippen molar-refractivity contribution in [1.82, 2.24) is 4.90 Å². The van der Waals surface area contributed by atoms with E-state index in [-0.39, 0.29) is 17.2 Å². The van der Waals surface area contributed by atoms with E-state index in [0.29, 0.717) is 39.1 Å². The van der Waals surface area contributed by atoms with E-state index >= 15 is 0 Å². The molecule has 2 aromatic rings. The summed E-state index contributed by atoms with van der Waals surface area (Å²) in [5, 5.41) is 10.4. The third-order valence-electron chi connectivity index (χ3n) is 4.91. The standard InChI is InChI=1S/C22H18Cl2N2O3/c1-4-12(2)26-21(27)17(13(3)18(11-25)22(26)28)10-15-6-8-20(29-15)16-7-5-14(23)9-19(16)24/h5-10,12H,4H2,1-3H3/b17-10+. The molecule has 0 aliphatic carbocycles. The predicted octanol–water partition coefficient (Wildman–Crippen LogP) is 5.64. The largest absolute Gasteiger partial charge is 0.457 e. The van der Waals surface area contributed by atoms with Gasteiger partial charge in [-0.05, 0) is 62.2 Å². The van der Waals surface area contributed by atoms with Crippen molar-refractivity contribution in [1.29, 1.82) is 5.26 Å². The molecule has 5 nitrogen and oxygen atoms in total. The quantitative estimate of drug-likeness (QED) is 0.465. The van der Waals surface area contributed by atoms with Gasteiger partial charge in [0.05, 0.1) is 5.02 Å². The number of hydrogen-bond acceptors (Lipinski definition) is 4. The molecule has 0 N–H and O–H groups in total. The van der Waals surface area contributed by atoms with Crippen LogP contribution < -0.4 is 0 Å². The van der Waals surface area contributed by atoms with Gasteiger partial charge in [0, 0.05) is 22.2 Å². The van der Waals surface area contributed by atoms with E-state index in [2.05, 4.69) is 0 Å². The van der Waals surface area contributed by atoms with Crippen molar-refractivity contribution in [3.8, 4) is 17.4 Å². The third-order valence-corrected chi connectivity index (χ3v) is 5.46. The average Bonchev–Trinajstić information content (AvgIpc) is 3.13. The Labute approximate surface area is 178 Å². The van der Waals surface area contributed by atoms with E-state index in [4.69, 9.17) is 27.6 Å². The van der Waals surface area contributed by atoms with Crippen LogP contribution in [0, 0.1) is 11.3 Å². The van der Waals surface area contributed by atoms with Gasteiger partial charge in [-0.15, -0.1) is 0 Å². The van der Waals surface area contributed by atoms with E-state index in [0.717, 1.165) is 4.90 Å². The Morgan fingerprint density at radius 2 is 1.93 bits per heavy atom. The molecule has 7 heteroatoms. The molecule has 148 valence electrons. The van der Waals surface area contributed by atoms with Crippen molar-refractivity contribution in [3.63, 3.8) is 0 Å². The molecule has 0 radical (unpaired) electrons. The topological polar surface area (TPSA) is 74.3 Å². The highest BCUT2D eigenvalue weighted by Gasteiger charge is 2.37. The molecule has 1 aliphatic rings. The summed E-state index contributed by atoms with van der Waals surface area (Å²) in [6.07, 6.45) is 2.13. The average molecular weight is 429 g/mol. The van der Waals surface area contributed by atoms with E-state index < -0.39 is 11.8 Å². The summed E-state index contributed by atoms with van der Waals surface area (Å²) in [5.74, 6) is -0.0823. The molecule has 0 bridgehead atoms. The molecule has 2 heterocycles. The van der Waals surface area contributed by atoms with Crippen molar-refractivity contribution < 1.29 is 14.0 Å². The van der Waals surface area contributed by atoms with Crippen molar-refractivity contribution in [2.45, 2.75) is 33.2 Å². The molecule has 1 aromatic carbocycles. The molecule has 1 unspecified atom stereocenters. The van der Waals surface area contributed by atoms with E-state index in [1.54, 1.807) is 50.3 Å². The number of nitriles is 1. The van der Waals surface area contributed by atoms with Crippen LogP contribution in [-0.2, 0) is 9.59 Å². The molecular weight excluding hydrogens is 411 g/mol. The molecule has 0 saturated carbocycles. The zero-order valence-corrected chi connectivity index (χ0v) is 17.6. The van der Waals surface area contributed by atoms with Gasteiger partial charge < -0.3 is 4.42 Å². The number of carbonyl (C=O) groups excluding carboxylic acids is 2. The summed E-state index contributed by atoms with van der Waals surface area (Å²) >= 11 is 12.2. The van der Waals surface area contributed by atoms with Gasteiger partial charge in [0.1, 0.15) is 23.2 Å². The normalized spacial score (nSPS) is 17.1. The fourth-order valence-corrected chi connectivity index (χ4v) is 3.59. The Morgan fingerprint density at radius 1 is 1.21 bits per heavy atom. The van der Waals surface area contributed by atoms with Crippen LogP contribution in [0.3, 0.4) is 0 Å². The first-order valence-electron chi connectivity index (χ1n) is 9.04. The first-order chi connectivity index (χ1) is 13.8. The summed E-state index contributed by atoms with van der Waals surface area (Å²) in [6, 6.07) is 10.1. The smallest absolute Gasteiger partial charge is 0.271 e. The lowest BCUT2D eigenvalue weighted by Gasteiger charge is -2.31. The molecule has 1 aliphatic heterocycles. The maximum atomic E-state index is 13.0. The molecule has 1 aromatic heterocycles. The molecule has 0 fully saturated rings. The minimum Gasteiger partial charge on any atom is -0.457 e. The molecular formula is C22H18Cl2N2O3. The van der Waals surface area contributed by atoms with Crippen LogP contribution in [0.25, 0.3) is 17.4 Å². The van der Waals surface area contributed by atoms with Crippen LogP contribution in [0.2, 0.25) is 10.0 Å². The second kappa shape index (κ2) is 8.28. The Bertz CT molecular complexity index is 1110. The van der Waals surface area contributed by atoms with Crippen LogP contribution in [0.15, 0.2) is 51.5 Å². The van der Waals surface area contributed by atoms with E-state index in [1.165, 1.54) is 0 Å². The number of furan rings is 1. The monoisotopic (exact) mass is 428 g/mol. The van der Waals surface area contributed by atoms with E-state index in [9.17, 15) is 14.9 Å². The summed E-state index contributed by atoms with van der Waals surface area (Å²) in [7, 11) is 0. The highest BCUT2D eigenvalue weighted by Crippen LogP contribution is 2.33. The van der Waals surface area contributed by atoms with Gasteiger partial charge in [0.25, 0.3) is 11.8 Å². The number of rotatable bonds is 4. The first-order valence-corrected chi connectivity index (χ1v) is 9.80. The van der Waals surface area contributed by atoms with E-state index in [1.807, 2.05) is 13.0 Å². The third kappa shape index (κ3) is 3.87. The predicted molar refractivity (Wildman–Crippen MR) is 112 cm³/mol. The minimum absolute atomic E-state index is 0.0383. The molecule has 0 saturated heterocycles. The number of benzene rings is 1. The summed E-state index contributed by atoms with van der Waals surface area (Å²) < 4.78 is 5.84. The van der Waals surface area contributed by atoms with Gasteiger partial charge in [0.15, 0.2) is 0 Å². The van der Waals surface area contributed by atoms with Gasteiger partial charge in [-0.2, -0.15) is 5.26 Å². The lowest BCUT2D eigenvalue weighted by molar-refractivity contribution is -0.142. The molecule has 0 spiro atoms. The fourth-order valence-electron chi connectivity index (χ4n) is 3.09. The Kier molecular flexibility index (Phi) is 5.97. The van der Waals surface area contributed by atoms with Crippen molar-refractivity contribution >= 4 is 41.1 Å². The zero-order valence-electron chi connectivity index (χ0n) is 16.1. The summed E-state index contributed by atoms with van der Waals surface area (Å²) in [4.78, 5) is 26.7. The van der Waals surface area contributed by atoms with Crippen molar-refractivity contribution in [3.05, 3.63) is 62.9 Å². The van der Waals surface area contributed by atoms with Crippen LogP contribution in [-0.4, -0.2) is 22.8 Å². The maximum Gasteiger partial charge on any atom is 0.271 e. The lowest BCUT2D eigenvalue weighted by atomic mass is 9.93. The number of amides is 2. The van der Waals surface area contributed by atoms with Gasteiger partial charge in [-0.3, -0.25) is 14.5 Å². The Balaban J connectivity index is 2.06. The second-order valence-corrected chi connectivity index (χ2v) is 7.58. The Morgan fingerprint density at radius 3 is 2.55 bits per heavy atom. The van der Waals surface area contributed by atoms with Crippen LogP contribution in [0.1, 0.15) is 33.0 Å². The first kappa shape index (κ1) is 20.9. The van der Waals surface area contributed by atoms with Crippen LogP contribution >= 0.6 is 23.2 Å². The summed E-state index contributed by atoms with van der Waals surface area (Å²) in [5.41, 5.74) is 1.22. The highest BCUT2D eigenvalue weighted by molar-refractivity contribution is 6.36. The number of imide groups is 1. The number of halogens is 2. The molecule has 3 rings (SSSR count). The van der Waals surface area contributed by atoms with Gasteiger partial charge in [0.2, 0.25) is 0 Å². The molecule has 29 heavy (non-hydrogen) atoms. The maximum absolute atomic E-state index is 13.0. The van der Waals surface area contributed by atoms with Crippen molar-refractivity contribution in [2.75, 3.05) is 0 Å². The SMILES string of the molecule is CCC(C)N1C(=O)C(C#N)=C(C)/C(=C\c2ccc(-c3ccc(Cl)cc3Cl)o2)C1=O. The number of carbonyl (C=O) groups is 2. The fraction of sp³-hybridized carbons (Fsp3) is 0.227.